The first-order chi connectivity index (χ1) is 19.0. The molecule has 1 saturated heterocycles. The van der Waals surface area contributed by atoms with Gasteiger partial charge in [-0.05, 0) is 76.1 Å². The van der Waals surface area contributed by atoms with Crippen LogP contribution < -0.4 is 4.90 Å². The van der Waals surface area contributed by atoms with Crippen molar-refractivity contribution in [3.8, 4) is 5.00 Å². The number of amides is 1. The Bertz CT molecular complexity index is 1660. The minimum Gasteiger partial charge on any atom is -0.465 e. The van der Waals surface area contributed by atoms with Gasteiger partial charge in [0.15, 0.2) is 0 Å². The van der Waals surface area contributed by atoms with Crippen LogP contribution in [0, 0.1) is 27.7 Å². The first-order valence-electron chi connectivity index (χ1n) is 13.1. The molecule has 1 amide bonds. The minimum absolute atomic E-state index is 0.155. The molecule has 0 atom stereocenters. The molecule has 2 aliphatic rings. The fourth-order valence-electron chi connectivity index (χ4n) is 5.40. The number of anilines is 1. The predicted molar refractivity (Wildman–Crippen MR) is 156 cm³/mol. The van der Waals surface area contributed by atoms with Crippen LogP contribution in [0.3, 0.4) is 0 Å². The highest BCUT2D eigenvalue weighted by Crippen LogP contribution is 2.41. The van der Waals surface area contributed by atoms with Gasteiger partial charge >= 0.3 is 5.97 Å². The molecule has 0 saturated carbocycles. The molecule has 2 aromatic heterocycles. The third-order valence-electron chi connectivity index (χ3n) is 7.68. The predicted octanol–water partition coefficient (Wildman–Crippen LogP) is 4.49. The summed E-state index contributed by atoms with van der Waals surface area (Å²) in [6, 6.07) is 6.88. The van der Waals surface area contributed by atoms with Gasteiger partial charge in [0.1, 0.15) is 5.00 Å². The molecule has 0 bridgehead atoms. The van der Waals surface area contributed by atoms with Crippen molar-refractivity contribution in [2.45, 2.75) is 39.5 Å². The number of carbonyl (C=O) groups is 2. The fraction of sp³-hybridized carbons (Fsp3) is 0.379. The van der Waals surface area contributed by atoms with Crippen molar-refractivity contribution in [2.75, 3.05) is 44.9 Å². The maximum Gasteiger partial charge on any atom is 0.341 e. The molecule has 2 aliphatic heterocycles. The molecule has 0 spiro atoms. The van der Waals surface area contributed by atoms with Crippen molar-refractivity contribution < 1.29 is 27.5 Å². The Labute approximate surface area is 238 Å². The van der Waals surface area contributed by atoms with E-state index in [1.807, 2.05) is 51.3 Å². The van der Waals surface area contributed by atoms with Crippen LogP contribution in [-0.4, -0.2) is 69.1 Å². The minimum atomic E-state index is -3.74. The lowest BCUT2D eigenvalue weighted by atomic mass is 10.0. The van der Waals surface area contributed by atoms with Crippen molar-refractivity contribution in [2.24, 2.45) is 0 Å². The molecule has 40 heavy (non-hydrogen) atoms. The molecule has 1 fully saturated rings. The molecular weight excluding hydrogens is 550 g/mol. The molecule has 11 heteroatoms. The van der Waals surface area contributed by atoms with Crippen LogP contribution >= 0.6 is 11.3 Å². The van der Waals surface area contributed by atoms with Crippen molar-refractivity contribution in [1.82, 2.24) is 8.87 Å². The van der Waals surface area contributed by atoms with E-state index in [-0.39, 0.29) is 10.8 Å². The van der Waals surface area contributed by atoms with Gasteiger partial charge in [0.2, 0.25) is 10.0 Å². The number of morpholine rings is 1. The zero-order chi connectivity index (χ0) is 28.9. The van der Waals surface area contributed by atoms with Crippen LogP contribution in [0.2, 0.25) is 0 Å². The molecule has 212 valence electrons. The number of nitrogens with zero attached hydrogens (tertiary/aromatic N) is 3. The number of hydrogen-bond acceptors (Lipinski definition) is 7. The highest BCUT2D eigenvalue weighted by Gasteiger charge is 2.35. The van der Waals surface area contributed by atoms with Crippen LogP contribution in [0.15, 0.2) is 29.2 Å². The molecule has 0 unspecified atom stereocenters. The van der Waals surface area contributed by atoms with Gasteiger partial charge in [0.05, 0.1) is 36.5 Å². The topological polar surface area (TPSA) is 98.2 Å². The van der Waals surface area contributed by atoms with E-state index in [1.54, 1.807) is 23.1 Å². The quantitative estimate of drug-likeness (QED) is 0.313. The summed E-state index contributed by atoms with van der Waals surface area (Å²) < 4.78 is 40.6. The maximum atomic E-state index is 13.6. The first-order valence-corrected chi connectivity index (χ1v) is 15.4. The summed E-state index contributed by atoms with van der Waals surface area (Å²) in [5.41, 5.74) is 5.69. The molecule has 9 nitrogen and oxygen atoms in total. The Morgan fingerprint density at radius 1 is 1.12 bits per heavy atom. The van der Waals surface area contributed by atoms with Crippen LogP contribution in [0.4, 0.5) is 5.69 Å². The van der Waals surface area contributed by atoms with Gasteiger partial charge < -0.3 is 18.9 Å². The average Bonchev–Trinajstić information content (AvgIpc) is 3.50. The molecule has 0 radical (unpaired) electrons. The lowest BCUT2D eigenvalue weighted by molar-refractivity contribution is -0.112. The van der Waals surface area contributed by atoms with E-state index in [2.05, 4.69) is 0 Å². The van der Waals surface area contributed by atoms with Gasteiger partial charge in [-0.1, -0.05) is 0 Å². The molecule has 3 aromatic rings. The Balaban J connectivity index is 1.63. The first kappa shape index (κ1) is 28.3. The number of methoxy groups -OCH3 is 1. The van der Waals surface area contributed by atoms with E-state index in [0.29, 0.717) is 55.2 Å². The number of rotatable bonds is 6. The van der Waals surface area contributed by atoms with E-state index in [4.69, 9.17) is 9.47 Å². The van der Waals surface area contributed by atoms with E-state index >= 15 is 0 Å². The smallest absolute Gasteiger partial charge is 0.341 e. The number of thiophene rings is 1. The van der Waals surface area contributed by atoms with Gasteiger partial charge in [-0.2, -0.15) is 4.31 Å². The molecule has 0 N–H and O–H groups in total. The summed E-state index contributed by atoms with van der Waals surface area (Å²) in [5.74, 6) is -0.571. The van der Waals surface area contributed by atoms with E-state index < -0.39 is 16.0 Å². The Morgan fingerprint density at radius 3 is 2.48 bits per heavy atom. The maximum absolute atomic E-state index is 13.6. The number of sulfonamides is 1. The molecule has 4 heterocycles. The second-order valence-corrected chi connectivity index (χ2v) is 13.1. The van der Waals surface area contributed by atoms with Gasteiger partial charge in [-0.25, -0.2) is 13.2 Å². The van der Waals surface area contributed by atoms with Gasteiger partial charge in [0, 0.05) is 47.0 Å². The Hall–Kier alpha value is -3.25. The lowest BCUT2D eigenvalue weighted by Gasteiger charge is -2.26. The summed E-state index contributed by atoms with van der Waals surface area (Å²) in [4.78, 5) is 29.1. The van der Waals surface area contributed by atoms with E-state index in [0.717, 1.165) is 32.4 Å². The summed E-state index contributed by atoms with van der Waals surface area (Å²) in [5, 5.41) is 0.772. The van der Waals surface area contributed by atoms with Crippen LogP contribution in [0.1, 0.15) is 50.2 Å². The number of ether oxygens (including phenoxy) is 2. The highest BCUT2D eigenvalue weighted by molar-refractivity contribution is 7.89. The second kappa shape index (κ2) is 10.6. The van der Waals surface area contributed by atoms with E-state index in [1.165, 1.54) is 22.8 Å². The van der Waals surface area contributed by atoms with Crippen LogP contribution in [0.5, 0.6) is 0 Å². The van der Waals surface area contributed by atoms with Crippen LogP contribution in [0.25, 0.3) is 16.7 Å². The molecule has 5 rings (SSSR count). The monoisotopic (exact) mass is 583 g/mol. The standard InChI is InChI=1S/C29H33N3O6S2/c1-7-31-25-9-8-22(40(35,36)30-10-12-38-13-11-30)16-23(25)24(27(31)33)15-21-14-17(2)32(19(21)4)28-26(29(34)37-6)18(3)20(5)39-28/h8-9,14-16H,7,10-13H2,1-6H3. The number of hydrogen-bond donors (Lipinski definition) is 0. The third kappa shape index (κ3) is 4.50. The number of aromatic nitrogens is 1. The zero-order valence-corrected chi connectivity index (χ0v) is 25.2. The number of likely N-dealkylation sites (N-methyl/N-ethyl adjacent to an activating group) is 1. The summed E-state index contributed by atoms with van der Waals surface area (Å²) in [7, 11) is -2.36. The summed E-state index contributed by atoms with van der Waals surface area (Å²) in [6.45, 7) is 11.4. The van der Waals surface area contributed by atoms with Gasteiger partial charge in [-0.15, -0.1) is 11.3 Å². The normalized spacial score (nSPS) is 17.1. The largest absolute Gasteiger partial charge is 0.465 e. The number of carbonyl (C=O) groups excluding carboxylic acids is 2. The Morgan fingerprint density at radius 2 is 1.82 bits per heavy atom. The number of fused-ring (bicyclic) bond motifs is 1. The fourth-order valence-corrected chi connectivity index (χ4v) is 8.09. The average molecular weight is 584 g/mol. The zero-order valence-electron chi connectivity index (χ0n) is 23.5. The van der Waals surface area contributed by atoms with E-state index in [9.17, 15) is 18.0 Å². The van der Waals surface area contributed by atoms with Gasteiger partial charge in [-0.3, -0.25) is 4.79 Å². The number of benzene rings is 1. The highest BCUT2D eigenvalue weighted by atomic mass is 32.2. The third-order valence-corrected chi connectivity index (χ3v) is 10.8. The SMILES string of the molecule is CCN1C(=O)C(=Cc2cc(C)n(-c3sc(C)c(C)c3C(=O)OC)c2C)c2cc(S(=O)(=O)N3CCOCC3)ccc21. The molecule has 0 aliphatic carbocycles. The second-order valence-electron chi connectivity index (χ2n) is 9.92. The molecular formula is C29H33N3O6S2. The Kier molecular flexibility index (Phi) is 7.51. The molecule has 1 aromatic carbocycles. The van der Waals surface area contributed by atoms with Gasteiger partial charge in [0.25, 0.3) is 5.91 Å². The summed E-state index contributed by atoms with van der Waals surface area (Å²) >= 11 is 1.52. The van der Waals surface area contributed by atoms with Crippen molar-refractivity contribution in [3.05, 3.63) is 62.8 Å². The van der Waals surface area contributed by atoms with Crippen molar-refractivity contribution >= 4 is 50.6 Å². The van der Waals surface area contributed by atoms with Crippen molar-refractivity contribution in [3.63, 3.8) is 0 Å². The summed E-state index contributed by atoms with van der Waals surface area (Å²) in [6.07, 6.45) is 1.83. The lowest BCUT2D eigenvalue weighted by Crippen LogP contribution is -2.40. The van der Waals surface area contributed by atoms with Crippen LogP contribution in [-0.2, 0) is 24.3 Å². The number of esters is 1. The van der Waals surface area contributed by atoms with Crippen molar-refractivity contribution in [1.29, 1.82) is 0 Å². The number of aryl methyl sites for hydroxylation is 2.